The highest BCUT2D eigenvalue weighted by molar-refractivity contribution is 7.25. The Hall–Kier alpha value is -6.94. The van der Waals surface area contributed by atoms with Gasteiger partial charge in [0, 0.05) is 53.7 Å². The lowest BCUT2D eigenvalue weighted by Gasteiger charge is -2.26. The molecule has 9 aromatic carbocycles. The molecule has 11 rings (SSSR count). The Balaban J connectivity index is 1.05. The summed E-state index contributed by atoms with van der Waals surface area (Å²) in [5, 5.41) is 7.63. The first-order valence-corrected chi connectivity index (χ1v) is 19.6. The van der Waals surface area contributed by atoms with Gasteiger partial charge in [0.15, 0.2) is 0 Å². The van der Waals surface area contributed by atoms with Gasteiger partial charge >= 0.3 is 0 Å². The number of hydrogen-bond acceptors (Lipinski definition) is 2. The van der Waals surface area contributed by atoms with Crippen LogP contribution in [0.3, 0.4) is 0 Å². The molecule has 0 spiro atoms. The molecule has 0 unspecified atom stereocenters. The third-order valence-electron chi connectivity index (χ3n) is 11.0. The maximum atomic E-state index is 2.39. The summed E-state index contributed by atoms with van der Waals surface area (Å²) in [6.07, 6.45) is 0. The van der Waals surface area contributed by atoms with Gasteiger partial charge in [0.05, 0.1) is 11.0 Å². The first kappa shape index (κ1) is 31.6. The Kier molecular flexibility index (Phi) is 7.39. The highest BCUT2D eigenvalue weighted by Crippen LogP contribution is 2.42. The van der Waals surface area contributed by atoms with Crippen LogP contribution in [0.2, 0.25) is 0 Å². The van der Waals surface area contributed by atoms with Gasteiger partial charge in [-0.05, 0) is 112 Å². The van der Waals surface area contributed by atoms with Crippen LogP contribution in [0.15, 0.2) is 206 Å². The highest BCUT2D eigenvalue weighted by Gasteiger charge is 2.18. The van der Waals surface area contributed by atoms with Crippen LogP contribution in [0.4, 0.5) is 17.1 Å². The van der Waals surface area contributed by atoms with Crippen molar-refractivity contribution in [2.75, 3.05) is 4.90 Å². The first-order chi connectivity index (χ1) is 27.2. The molecular formula is C52H34N2S. The average Bonchev–Trinajstić information content (AvgIpc) is 3.79. The van der Waals surface area contributed by atoms with E-state index in [-0.39, 0.29) is 0 Å². The fraction of sp³-hybridized carbons (Fsp3) is 0. The van der Waals surface area contributed by atoms with E-state index in [9.17, 15) is 0 Å². The summed E-state index contributed by atoms with van der Waals surface area (Å²) < 4.78 is 5.04. The van der Waals surface area contributed by atoms with Crippen molar-refractivity contribution in [3.63, 3.8) is 0 Å². The van der Waals surface area contributed by atoms with E-state index in [4.69, 9.17) is 0 Å². The van der Waals surface area contributed by atoms with E-state index in [0.29, 0.717) is 0 Å². The molecule has 0 radical (unpaired) electrons. The SMILES string of the molecule is c1ccc(-n2c3ccccc3c3ccc(N(c4ccc(-c5ccc6ccccc6c5)cc4)c4ccc(-c5ccc6sc7ccccc7c6c5)cc4)cc32)cc1. The van der Waals surface area contributed by atoms with E-state index in [0.717, 1.165) is 22.7 Å². The van der Waals surface area contributed by atoms with Crippen LogP contribution in [0.5, 0.6) is 0 Å². The number of thiophene rings is 1. The van der Waals surface area contributed by atoms with Crippen molar-refractivity contribution < 1.29 is 0 Å². The summed E-state index contributed by atoms with van der Waals surface area (Å²) in [6.45, 7) is 0. The summed E-state index contributed by atoms with van der Waals surface area (Å²) in [4.78, 5) is 2.38. The zero-order valence-electron chi connectivity index (χ0n) is 29.9. The van der Waals surface area contributed by atoms with Gasteiger partial charge in [0.25, 0.3) is 0 Å². The van der Waals surface area contributed by atoms with Crippen LogP contribution in [0.1, 0.15) is 0 Å². The number of para-hydroxylation sites is 2. The summed E-state index contributed by atoms with van der Waals surface area (Å²) in [5.41, 5.74) is 11.7. The highest BCUT2D eigenvalue weighted by atomic mass is 32.1. The first-order valence-electron chi connectivity index (χ1n) is 18.7. The van der Waals surface area contributed by atoms with Gasteiger partial charge in [-0.2, -0.15) is 0 Å². The lowest BCUT2D eigenvalue weighted by molar-refractivity contribution is 1.18. The molecule has 0 N–H and O–H groups in total. The number of benzene rings is 9. The Morgan fingerprint density at radius 3 is 1.67 bits per heavy atom. The molecule has 3 heteroatoms. The van der Waals surface area contributed by atoms with Gasteiger partial charge in [-0.25, -0.2) is 0 Å². The second-order valence-electron chi connectivity index (χ2n) is 14.2. The molecule has 55 heavy (non-hydrogen) atoms. The standard InChI is InChI=1S/C52H34N2S/c1-2-12-41(13-3-1)54-49-16-8-6-14-45(49)46-30-29-44(34-50(46)54)53(42-25-20-36(21-26-42)39-19-18-35-10-4-5-11-38(35)32-39)43-27-22-37(23-28-43)40-24-31-52-48(33-40)47-15-7-9-17-51(47)55-52/h1-34H. The molecule has 0 amide bonds. The van der Waals surface area contributed by atoms with Crippen LogP contribution >= 0.6 is 11.3 Å². The molecule has 258 valence electrons. The minimum Gasteiger partial charge on any atom is -0.310 e. The molecule has 2 heterocycles. The molecule has 0 fully saturated rings. The topological polar surface area (TPSA) is 8.17 Å². The third kappa shape index (κ3) is 5.40. The number of anilines is 3. The Morgan fingerprint density at radius 1 is 0.327 bits per heavy atom. The number of rotatable bonds is 6. The van der Waals surface area contributed by atoms with E-state index in [1.54, 1.807) is 0 Å². The van der Waals surface area contributed by atoms with Crippen LogP contribution in [-0.2, 0) is 0 Å². The lowest BCUT2D eigenvalue weighted by atomic mass is 10.0. The predicted molar refractivity (Wildman–Crippen MR) is 237 cm³/mol. The Bertz CT molecular complexity index is 3190. The lowest BCUT2D eigenvalue weighted by Crippen LogP contribution is -2.10. The number of hydrogen-bond donors (Lipinski definition) is 0. The summed E-state index contributed by atoms with van der Waals surface area (Å²) in [6, 6.07) is 75.2. The Morgan fingerprint density at radius 2 is 0.891 bits per heavy atom. The molecule has 2 aromatic heterocycles. The van der Waals surface area contributed by atoms with E-state index in [1.807, 2.05) is 11.3 Å². The van der Waals surface area contributed by atoms with E-state index < -0.39 is 0 Å². The van der Waals surface area contributed by atoms with E-state index in [1.165, 1.54) is 75.0 Å². The molecule has 0 atom stereocenters. The van der Waals surface area contributed by atoms with Crippen LogP contribution in [0, 0.1) is 0 Å². The minimum absolute atomic E-state index is 1.10. The molecular weight excluding hydrogens is 685 g/mol. The van der Waals surface area contributed by atoms with E-state index in [2.05, 4.69) is 216 Å². The molecule has 0 aliphatic heterocycles. The third-order valence-corrected chi connectivity index (χ3v) is 12.1. The second-order valence-corrected chi connectivity index (χ2v) is 15.3. The van der Waals surface area contributed by atoms with Gasteiger partial charge < -0.3 is 9.47 Å². The average molecular weight is 719 g/mol. The van der Waals surface area contributed by atoms with Crippen molar-refractivity contribution in [3.8, 4) is 27.9 Å². The zero-order chi connectivity index (χ0) is 36.3. The summed E-state index contributed by atoms with van der Waals surface area (Å²) in [7, 11) is 0. The van der Waals surface area contributed by atoms with Gasteiger partial charge in [-0.3, -0.25) is 0 Å². The van der Waals surface area contributed by atoms with Crippen molar-refractivity contribution >= 4 is 81.1 Å². The Labute approximate surface area is 323 Å². The quantitative estimate of drug-likeness (QED) is 0.166. The van der Waals surface area contributed by atoms with Crippen LogP contribution in [0.25, 0.3) is 80.7 Å². The fourth-order valence-electron chi connectivity index (χ4n) is 8.28. The zero-order valence-corrected chi connectivity index (χ0v) is 30.7. The van der Waals surface area contributed by atoms with Gasteiger partial charge in [-0.1, -0.05) is 127 Å². The van der Waals surface area contributed by atoms with E-state index >= 15 is 0 Å². The molecule has 0 saturated heterocycles. The van der Waals surface area contributed by atoms with Gasteiger partial charge in [0.2, 0.25) is 0 Å². The van der Waals surface area contributed by atoms with Crippen molar-refractivity contribution in [2.45, 2.75) is 0 Å². The molecule has 0 bridgehead atoms. The van der Waals surface area contributed by atoms with Crippen LogP contribution in [-0.4, -0.2) is 4.57 Å². The molecule has 0 saturated carbocycles. The van der Waals surface area contributed by atoms with Crippen molar-refractivity contribution in [1.82, 2.24) is 4.57 Å². The largest absolute Gasteiger partial charge is 0.310 e. The molecule has 0 aliphatic rings. The monoisotopic (exact) mass is 718 g/mol. The molecule has 0 aliphatic carbocycles. The molecule has 2 nitrogen and oxygen atoms in total. The maximum absolute atomic E-state index is 2.39. The minimum atomic E-state index is 1.10. The summed E-state index contributed by atoms with van der Waals surface area (Å²) in [5.74, 6) is 0. The second kappa shape index (κ2) is 12.9. The smallest absolute Gasteiger partial charge is 0.0561 e. The number of nitrogens with zero attached hydrogens (tertiary/aromatic N) is 2. The number of fused-ring (bicyclic) bond motifs is 7. The maximum Gasteiger partial charge on any atom is 0.0561 e. The van der Waals surface area contributed by atoms with Gasteiger partial charge in [0.1, 0.15) is 0 Å². The summed E-state index contributed by atoms with van der Waals surface area (Å²) >= 11 is 1.86. The van der Waals surface area contributed by atoms with Crippen molar-refractivity contribution in [2.24, 2.45) is 0 Å². The predicted octanol–water partition coefficient (Wildman–Crippen LogP) is 15.1. The van der Waals surface area contributed by atoms with Crippen LogP contribution < -0.4 is 4.90 Å². The van der Waals surface area contributed by atoms with Gasteiger partial charge in [-0.15, -0.1) is 11.3 Å². The van der Waals surface area contributed by atoms with Crippen molar-refractivity contribution in [1.29, 1.82) is 0 Å². The molecule has 11 aromatic rings. The fourth-order valence-corrected chi connectivity index (χ4v) is 9.37. The van der Waals surface area contributed by atoms with Crippen molar-refractivity contribution in [3.05, 3.63) is 206 Å². The number of aromatic nitrogens is 1. The normalized spacial score (nSPS) is 11.6.